The van der Waals surface area contributed by atoms with E-state index in [-0.39, 0.29) is 30.3 Å². The van der Waals surface area contributed by atoms with Gasteiger partial charge in [0.25, 0.3) is 5.91 Å². The van der Waals surface area contributed by atoms with Crippen molar-refractivity contribution in [2.45, 2.75) is 18.5 Å². The molecule has 0 spiro atoms. The Morgan fingerprint density at radius 1 is 1.38 bits per heavy atom. The first-order valence-electron chi connectivity index (χ1n) is 7.59. The van der Waals surface area contributed by atoms with Crippen LogP contribution in [0.4, 0.5) is 0 Å². The lowest BCUT2D eigenvalue weighted by Gasteiger charge is -2.33. The highest BCUT2D eigenvalue weighted by molar-refractivity contribution is 6.30. The SMILES string of the molecule is COc1cc(Cl)ccc1C(=O)N[C@@H]1C[C@H]2C(=O)N(C)CC(=O)N2C1. The number of carbonyl (C=O) groups is 3. The number of benzene rings is 1. The van der Waals surface area contributed by atoms with Gasteiger partial charge in [0.2, 0.25) is 11.8 Å². The van der Waals surface area contributed by atoms with E-state index >= 15 is 0 Å². The van der Waals surface area contributed by atoms with E-state index in [0.717, 1.165) is 0 Å². The van der Waals surface area contributed by atoms with E-state index in [1.54, 1.807) is 30.1 Å². The van der Waals surface area contributed by atoms with Gasteiger partial charge >= 0.3 is 0 Å². The summed E-state index contributed by atoms with van der Waals surface area (Å²) in [5.41, 5.74) is 0.363. The van der Waals surface area contributed by atoms with Crippen LogP contribution in [-0.2, 0) is 9.59 Å². The van der Waals surface area contributed by atoms with Crippen molar-refractivity contribution in [1.29, 1.82) is 0 Å². The van der Waals surface area contributed by atoms with E-state index in [1.807, 2.05) is 0 Å². The molecule has 0 unspecified atom stereocenters. The molecule has 24 heavy (non-hydrogen) atoms. The Bertz CT molecular complexity index is 709. The third kappa shape index (κ3) is 2.91. The van der Waals surface area contributed by atoms with E-state index in [0.29, 0.717) is 29.3 Å². The molecule has 0 radical (unpaired) electrons. The molecule has 8 heteroatoms. The molecule has 7 nitrogen and oxygen atoms in total. The van der Waals surface area contributed by atoms with Crippen LogP contribution in [0, 0.1) is 0 Å². The fourth-order valence-electron chi connectivity index (χ4n) is 3.19. The second kappa shape index (κ2) is 6.32. The van der Waals surface area contributed by atoms with Crippen LogP contribution in [-0.4, -0.2) is 66.9 Å². The summed E-state index contributed by atoms with van der Waals surface area (Å²) in [7, 11) is 3.08. The van der Waals surface area contributed by atoms with Gasteiger partial charge in [0, 0.05) is 24.7 Å². The third-order valence-electron chi connectivity index (χ3n) is 4.40. The molecule has 128 valence electrons. The number of rotatable bonds is 3. The van der Waals surface area contributed by atoms with E-state index in [9.17, 15) is 14.4 Å². The first-order chi connectivity index (χ1) is 11.4. The number of piperazine rings is 1. The zero-order valence-electron chi connectivity index (χ0n) is 13.4. The van der Waals surface area contributed by atoms with Gasteiger partial charge in [-0.1, -0.05) is 11.6 Å². The van der Waals surface area contributed by atoms with Crippen LogP contribution < -0.4 is 10.1 Å². The quantitative estimate of drug-likeness (QED) is 0.861. The lowest BCUT2D eigenvalue weighted by molar-refractivity contribution is -0.152. The Hall–Kier alpha value is -2.28. The third-order valence-corrected chi connectivity index (χ3v) is 4.63. The van der Waals surface area contributed by atoms with Crippen LogP contribution in [0.3, 0.4) is 0 Å². The molecule has 0 bridgehead atoms. The van der Waals surface area contributed by atoms with E-state index in [4.69, 9.17) is 16.3 Å². The van der Waals surface area contributed by atoms with Crippen LogP contribution in [0.1, 0.15) is 16.8 Å². The summed E-state index contributed by atoms with van der Waals surface area (Å²) in [5.74, 6) is -0.123. The lowest BCUT2D eigenvalue weighted by Crippen LogP contribution is -2.55. The van der Waals surface area contributed by atoms with Gasteiger partial charge in [-0.05, 0) is 24.6 Å². The van der Waals surface area contributed by atoms with Crippen molar-refractivity contribution in [3.05, 3.63) is 28.8 Å². The monoisotopic (exact) mass is 351 g/mol. The Morgan fingerprint density at radius 3 is 2.83 bits per heavy atom. The average Bonchev–Trinajstić information content (AvgIpc) is 2.97. The predicted octanol–water partition coefficient (Wildman–Crippen LogP) is 0.520. The highest BCUT2D eigenvalue weighted by atomic mass is 35.5. The summed E-state index contributed by atoms with van der Waals surface area (Å²) in [4.78, 5) is 39.7. The van der Waals surface area contributed by atoms with Crippen molar-refractivity contribution >= 4 is 29.3 Å². The highest BCUT2D eigenvalue weighted by Crippen LogP contribution is 2.26. The highest BCUT2D eigenvalue weighted by Gasteiger charge is 2.45. The number of hydrogen-bond acceptors (Lipinski definition) is 4. The molecule has 1 aromatic rings. The molecule has 2 heterocycles. The molecule has 2 saturated heterocycles. The summed E-state index contributed by atoms with van der Waals surface area (Å²) >= 11 is 5.90. The molecule has 0 saturated carbocycles. The van der Waals surface area contributed by atoms with Gasteiger partial charge in [-0.2, -0.15) is 0 Å². The van der Waals surface area contributed by atoms with Crippen LogP contribution in [0.2, 0.25) is 5.02 Å². The Morgan fingerprint density at radius 2 is 2.12 bits per heavy atom. The van der Waals surface area contributed by atoms with Gasteiger partial charge in [0.15, 0.2) is 0 Å². The molecule has 2 fully saturated rings. The van der Waals surface area contributed by atoms with Gasteiger partial charge in [0.05, 0.1) is 19.2 Å². The van der Waals surface area contributed by atoms with Crippen molar-refractivity contribution in [1.82, 2.24) is 15.1 Å². The van der Waals surface area contributed by atoms with Crippen molar-refractivity contribution in [2.24, 2.45) is 0 Å². The predicted molar refractivity (Wildman–Crippen MR) is 87.0 cm³/mol. The number of nitrogens with zero attached hydrogens (tertiary/aromatic N) is 2. The lowest BCUT2D eigenvalue weighted by atomic mass is 10.1. The van der Waals surface area contributed by atoms with Gasteiger partial charge in [-0.3, -0.25) is 14.4 Å². The number of hydrogen-bond donors (Lipinski definition) is 1. The minimum absolute atomic E-state index is 0.0843. The number of ether oxygens (including phenoxy) is 1. The Labute approximate surface area is 144 Å². The second-order valence-corrected chi connectivity index (χ2v) is 6.44. The zero-order valence-corrected chi connectivity index (χ0v) is 14.2. The molecular formula is C16H18ClN3O4. The van der Waals surface area contributed by atoms with Crippen molar-refractivity contribution in [2.75, 3.05) is 27.2 Å². The number of nitrogens with one attached hydrogen (secondary N) is 1. The van der Waals surface area contributed by atoms with E-state index in [2.05, 4.69) is 5.32 Å². The molecule has 2 atom stereocenters. The smallest absolute Gasteiger partial charge is 0.255 e. The molecule has 2 aliphatic heterocycles. The number of amides is 3. The first kappa shape index (κ1) is 16.6. The van der Waals surface area contributed by atoms with Gasteiger partial charge in [0.1, 0.15) is 11.8 Å². The minimum atomic E-state index is -0.492. The van der Waals surface area contributed by atoms with Crippen LogP contribution in [0.25, 0.3) is 0 Å². The summed E-state index contributed by atoms with van der Waals surface area (Å²) < 4.78 is 5.18. The molecule has 3 amide bonds. The van der Waals surface area contributed by atoms with Gasteiger partial charge < -0.3 is 19.9 Å². The van der Waals surface area contributed by atoms with Crippen LogP contribution in [0.15, 0.2) is 18.2 Å². The summed E-state index contributed by atoms with van der Waals surface area (Å²) in [6.07, 6.45) is 0.413. The molecule has 1 N–H and O–H groups in total. The first-order valence-corrected chi connectivity index (χ1v) is 7.97. The normalized spacial score (nSPS) is 23.3. The van der Waals surface area contributed by atoms with E-state index < -0.39 is 6.04 Å². The number of fused-ring (bicyclic) bond motifs is 1. The fourth-order valence-corrected chi connectivity index (χ4v) is 3.35. The molecule has 1 aromatic carbocycles. The number of methoxy groups -OCH3 is 1. The standard InChI is InChI=1S/C16H18ClN3O4/c1-19-8-14(21)20-7-10(6-12(20)16(19)23)18-15(22)11-4-3-9(17)5-13(11)24-2/h3-5,10,12H,6-8H2,1-2H3,(H,18,22)/t10-,12+/m1/s1. The zero-order chi connectivity index (χ0) is 17.4. The Kier molecular flexibility index (Phi) is 4.36. The van der Waals surface area contributed by atoms with Crippen molar-refractivity contribution in [3.8, 4) is 5.75 Å². The molecule has 2 aliphatic rings. The summed E-state index contributed by atoms with van der Waals surface area (Å²) in [5, 5.41) is 3.35. The molecule has 3 rings (SSSR count). The van der Waals surface area contributed by atoms with Crippen molar-refractivity contribution < 1.29 is 19.1 Å². The molecular weight excluding hydrogens is 334 g/mol. The largest absolute Gasteiger partial charge is 0.496 e. The van der Waals surface area contributed by atoms with Crippen LogP contribution in [0.5, 0.6) is 5.75 Å². The van der Waals surface area contributed by atoms with E-state index in [1.165, 1.54) is 12.0 Å². The minimum Gasteiger partial charge on any atom is -0.496 e. The average molecular weight is 352 g/mol. The summed E-state index contributed by atoms with van der Waals surface area (Å²) in [6, 6.07) is 3.99. The maximum Gasteiger partial charge on any atom is 0.255 e. The van der Waals surface area contributed by atoms with Gasteiger partial charge in [-0.25, -0.2) is 0 Å². The van der Waals surface area contributed by atoms with Crippen molar-refractivity contribution in [3.63, 3.8) is 0 Å². The topological polar surface area (TPSA) is 79.0 Å². The fraction of sp³-hybridized carbons (Fsp3) is 0.438. The summed E-state index contributed by atoms with van der Waals surface area (Å²) in [6.45, 7) is 0.422. The number of halogens is 1. The number of likely N-dealkylation sites (N-methyl/N-ethyl adjacent to an activating group) is 1. The maximum absolute atomic E-state index is 12.5. The molecule has 0 aromatic heterocycles. The maximum atomic E-state index is 12.5. The Balaban J connectivity index is 1.73. The number of carbonyl (C=O) groups excluding carboxylic acids is 3. The van der Waals surface area contributed by atoms with Gasteiger partial charge in [-0.15, -0.1) is 0 Å². The molecule has 0 aliphatic carbocycles. The van der Waals surface area contributed by atoms with Crippen LogP contribution >= 0.6 is 11.6 Å². The second-order valence-electron chi connectivity index (χ2n) is 6.01.